The van der Waals surface area contributed by atoms with E-state index in [2.05, 4.69) is 15.3 Å². The Kier molecular flexibility index (Phi) is 4.48. The maximum atomic E-state index is 5.40. The van der Waals surface area contributed by atoms with Crippen LogP contribution < -0.4 is 10.1 Å². The summed E-state index contributed by atoms with van der Waals surface area (Å²) < 4.78 is 5.40. The van der Waals surface area contributed by atoms with Gasteiger partial charge in [-0.15, -0.1) is 0 Å². The number of hydrogen-bond acceptors (Lipinski definition) is 5. The monoisotopic (exact) mass is 253 g/mol. The molecular formula is C12H19N3OS. The molecule has 1 aliphatic rings. The summed E-state index contributed by atoms with van der Waals surface area (Å²) in [7, 11) is 0. The Labute approximate surface area is 107 Å². The van der Waals surface area contributed by atoms with Crippen molar-refractivity contribution in [3.05, 3.63) is 11.8 Å². The molecule has 2 heterocycles. The van der Waals surface area contributed by atoms with Gasteiger partial charge in [0.05, 0.1) is 6.61 Å². The fraction of sp³-hybridized carbons (Fsp3) is 0.667. The lowest BCUT2D eigenvalue weighted by Crippen LogP contribution is -2.15. The highest BCUT2D eigenvalue weighted by molar-refractivity contribution is 8.00. The van der Waals surface area contributed by atoms with Gasteiger partial charge >= 0.3 is 0 Å². The maximum absolute atomic E-state index is 5.40. The summed E-state index contributed by atoms with van der Waals surface area (Å²) >= 11 is 2.03. The zero-order valence-electron chi connectivity index (χ0n) is 10.4. The molecule has 1 aromatic rings. The van der Waals surface area contributed by atoms with E-state index in [4.69, 9.17) is 4.74 Å². The largest absolute Gasteiger partial charge is 0.478 e. The standard InChI is InChI=1S/C12H19N3OS/c1-3-16-11-7-9(2)14-12(15-11)13-8-10-5-4-6-17-10/h7,10H,3-6,8H2,1-2H3,(H,13,14,15). The third-order valence-electron chi connectivity index (χ3n) is 2.63. The molecule has 1 unspecified atom stereocenters. The van der Waals surface area contributed by atoms with Crippen molar-refractivity contribution in [3.8, 4) is 5.88 Å². The van der Waals surface area contributed by atoms with Crippen molar-refractivity contribution in [1.82, 2.24) is 9.97 Å². The molecule has 1 N–H and O–H groups in total. The number of nitrogens with zero attached hydrogens (tertiary/aromatic N) is 2. The van der Waals surface area contributed by atoms with Crippen LogP contribution in [-0.4, -0.2) is 34.1 Å². The molecule has 1 aliphatic heterocycles. The van der Waals surface area contributed by atoms with E-state index in [1.165, 1.54) is 18.6 Å². The summed E-state index contributed by atoms with van der Waals surface area (Å²) in [5.74, 6) is 2.62. The lowest BCUT2D eigenvalue weighted by atomic mass is 10.2. The molecule has 0 aliphatic carbocycles. The zero-order valence-corrected chi connectivity index (χ0v) is 11.2. The highest BCUT2D eigenvalue weighted by Gasteiger charge is 2.15. The highest BCUT2D eigenvalue weighted by atomic mass is 32.2. The lowest BCUT2D eigenvalue weighted by Gasteiger charge is -2.11. The van der Waals surface area contributed by atoms with Crippen LogP contribution in [0.4, 0.5) is 5.95 Å². The second kappa shape index (κ2) is 6.10. The number of anilines is 1. The molecule has 0 aromatic carbocycles. The van der Waals surface area contributed by atoms with Crippen molar-refractivity contribution in [2.45, 2.75) is 31.9 Å². The molecule has 17 heavy (non-hydrogen) atoms. The van der Waals surface area contributed by atoms with E-state index >= 15 is 0 Å². The van der Waals surface area contributed by atoms with E-state index in [0.717, 1.165) is 12.2 Å². The first-order valence-electron chi connectivity index (χ1n) is 6.12. The van der Waals surface area contributed by atoms with Gasteiger partial charge in [-0.3, -0.25) is 0 Å². The average Bonchev–Trinajstić information content (AvgIpc) is 2.79. The Bertz CT molecular complexity index is 367. The topological polar surface area (TPSA) is 47.0 Å². The van der Waals surface area contributed by atoms with Crippen LogP contribution in [-0.2, 0) is 0 Å². The van der Waals surface area contributed by atoms with Gasteiger partial charge in [0.2, 0.25) is 11.8 Å². The molecule has 94 valence electrons. The summed E-state index contributed by atoms with van der Waals surface area (Å²) in [5, 5.41) is 4.01. The molecule has 2 rings (SSSR count). The van der Waals surface area contributed by atoms with Gasteiger partial charge in [-0.2, -0.15) is 16.7 Å². The van der Waals surface area contributed by atoms with Crippen LogP contribution in [0.15, 0.2) is 6.07 Å². The van der Waals surface area contributed by atoms with Crippen LogP contribution in [0.1, 0.15) is 25.5 Å². The zero-order chi connectivity index (χ0) is 12.1. The molecule has 0 radical (unpaired) electrons. The summed E-state index contributed by atoms with van der Waals surface area (Å²) in [4.78, 5) is 8.70. The summed E-state index contributed by atoms with van der Waals surface area (Å²) in [6.07, 6.45) is 2.62. The number of nitrogens with one attached hydrogen (secondary N) is 1. The normalized spacial score (nSPS) is 19.3. The van der Waals surface area contributed by atoms with Crippen LogP contribution in [0.25, 0.3) is 0 Å². The first kappa shape index (κ1) is 12.5. The third kappa shape index (κ3) is 3.77. The molecule has 1 atom stereocenters. The fourth-order valence-corrected chi connectivity index (χ4v) is 3.05. The van der Waals surface area contributed by atoms with Gasteiger partial charge in [0.25, 0.3) is 0 Å². The van der Waals surface area contributed by atoms with E-state index in [1.54, 1.807) is 0 Å². The van der Waals surface area contributed by atoms with Gasteiger partial charge in [0.15, 0.2) is 0 Å². The SMILES string of the molecule is CCOc1cc(C)nc(NCC2CCCS2)n1. The van der Waals surface area contributed by atoms with Crippen LogP contribution >= 0.6 is 11.8 Å². The summed E-state index contributed by atoms with van der Waals surface area (Å²) in [6.45, 7) is 5.49. The van der Waals surface area contributed by atoms with E-state index < -0.39 is 0 Å². The Balaban J connectivity index is 1.94. The Morgan fingerprint density at radius 3 is 3.12 bits per heavy atom. The summed E-state index contributed by atoms with van der Waals surface area (Å²) in [5.41, 5.74) is 0.935. The quantitative estimate of drug-likeness (QED) is 0.873. The first-order chi connectivity index (χ1) is 8.28. The number of thioether (sulfide) groups is 1. The van der Waals surface area contributed by atoms with Crippen LogP contribution in [0.2, 0.25) is 0 Å². The number of aryl methyl sites for hydroxylation is 1. The molecule has 1 aromatic heterocycles. The smallest absolute Gasteiger partial charge is 0.226 e. The van der Waals surface area contributed by atoms with E-state index in [-0.39, 0.29) is 0 Å². The number of hydrogen-bond donors (Lipinski definition) is 1. The predicted molar refractivity (Wildman–Crippen MR) is 71.9 cm³/mol. The Morgan fingerprint density at radius 1 is 1.53 bits per heavy atom. The third-order valence-corrected chi connectivity index (χ3v) is 4.03. The summed E-state index contributed by atoms with van der Waals surface area (Å²) in [6, 6.07) is 1.86. The van der Waals surface area contributed by atoms with Crippen molar-refractivity contribution >= 4 is 17.7 Å². The molecular weight excluding hydrogens is 234 g/mol. The van der Waals surface area contributed by atoms with Crippen molar-refractivity contribution in [3.63, 3.8) is 0 Å². The van der Waals surface area contributed by atoms with Crippen molar-refractivity contribution in [1.29, 1.82) is 0 Å². The van der Waals surface area contributed by atoms with Crippen molar-refractivity contribution in [2.24, 2.45) is 0 Å². The molecule has 0 spiro atoms. The molecule has 0 bridgehead atoms. The molecule has 5 heteroatoms. The molecule has 1 fully saturated rings. The fourth-order valence-electron chi connectivity index (χ4n) is 1.85. The average molecular weight is 253 g/mol. The predicted octanol–water partition coefficient (Wildman–Crippen LogP) is 2.49. The minimum Gasteiger partial charge on any atom is -0.478 e. The molecule has 0 amide bonds. The van der Waals surface area contributed by atoms with E-state index in [1.807, 2.05) is 31.7 Å². The number of aromatic nitrogens is 2. The molecule has 4 nitrogen and oxygen atoms in total. The Morgan fingerprint density at radius 2 is 2.41 bits per heavy atom. The van der Waals surface area contributed by atoms with Crippen molar-refractivity contribution in [2.75, 3.05) is 24.2 Å². The van der Waals surface area contributed by atoms with Crippen molar-refractivity contribution < 1.29 is 4.74 Å². The number of ether oxygens (including phenoxy) is 1. The van der Waals surface area contributed by atoms with Gasteiger partial charge in [0, 0.05) is 23.6 Å². The van der Waals surface area contributed by atoms with Crippen LogP contribution in [0, 0.1) is 6.92 Å². The minimum absolute atomic E-state index is 0.633. The minimum atomic E-state index is 0.633. The maximum Gasteiger partial charge on any atom is 0.226 e. The van der Waals surface area contributed by atoms with Gasteiger partial charge in [-0.1, -0.05) is 0 Å². The van der Waals surface area contributed by atoms with Gasteiger partial charge in [0.1, 0.15) is 0 Å². The van der Waals surface area contributed by atoms with Gasteiger partial charge < -0.3 is 10.1 Å². The second-order valence-corrected chi connectivity index (χ2v) is 5.53. The van der Waals surface area contributed by atoms with Gasteiger partial charge in [-0.25, -0.2) is 4.98 Å². The lowest BCUT2D eigenvalue weighted by molar-refractivity contribution is 0.326. The highest BCUT2D eigenvalue weighted by Crippen LogP contribution is 2.26. The molecule has 1 saturated heterocycles. The first-order valence-corrected chi connectivity index (χ1v) is 7.16. The Hall–Kier alpha value is -0.970. The molecule has 0 saturated carbocycles. The number of rotatable bonds is 5. The van der Waals surface area contributed by atoms with E-state index in [9.17, 15) is 0 Å². The van der Waals surface area contributed by atoms with E-state index in [0.29, 0.717) is 23.7 Å². The van der Waals surface area contributed by atoms with Crippen LogP contribution in [0.5, 0.6) is 5.88 Å². The van der Waals surface area contributed by atoms with Crippen LogP contribution in [0.3, 0.4) is 0 Å². The van der Waals surface area contributed by atoms with Gasteiger partial charge in [-0.05, 0) is 32.4 Å². The second-order valence-electron chi connectivity index (χ2n) is 4.12.